The smallest absolute Gasteiger partial charge is 0.262 e. The maximum Gasteiger partial charge on any atom is 0.262 e. The highest BCUT2D eigenvalue weighted by Crippen LogP contribution is 2.25. The number of hydrogen-bond acceptors (Lipinski definition) is 3. The van der Waals surface area contributed by atoms with Gasteiger partial charge in [0.25, 0.3) is 10.0 Å². The summed E-state index contributed by atoms with van der Waals surface area (Å²) in [5.41, 5.74) is 2.00. The van der Waals surface area contributed by atoms with Crippen molar-refractivity contribution in [1.29, 1.82) is 0 Å². The van der Waals surface area contributed by atoms with E-state index in [-0.39, 0.29) is 4.90 Å². The quantitative estimate of drug-likeness (QED) is 0.873. The van der Waals surface area contributed by atoms with Crippen molar-refractivity contribution in [3.8, 4) is 0 Å². The van der Waals surface area contributed by atoms with E-state index in [9.17, 15) is 8.42 Å². The minimum atomic E-state index is -3.64. The van der Waals surface area contributed by atoms with Gasteiger partial charge < -0.3 is 4.74 Å². The highest BCUT2D eigenvalue weighted by Gasteiger charge is 2.18. The van der Waals surface area contributed by atoms with E-state index < -0.39 is 10.0 Å². The summed E-state index contributed by atoms with van der Waals surface area (Å²) in [7, 11) is -2.07. The molecule has 1 N–H and O–H groups in total. The van der Waals surface area contributed by atoms with Crippen LogP contribution in [0.1, 0.15) is 11.1 Å². The van der Waals surface area contributed by atoms with Crippen molar-refractivity contribution >= 4 is 31.6 Å². The van der Waals surface area contributed by atoms with Gasteiger partial charge in [0, 0.05) is 17.1 Å². The molecule has 0 spiro atoms. The molecular formula is C15H16BrNO3S. The van der Waals surface area contributed by atoms with Gasteiger partial charge in [-0.25, -0.2) is 8.42 Å². The molecule has 0 unspecified atom stereocenters. The van der Waals surface area contributed by atoms with Crippen molar-refractivity contribution in [2.24, 2.45) is 0 Å². The normalized spacial score (nSPS) is 11.4. The van der Waals surface area contributed by atoms with Gasteiger partial charge in [0.15, 0.2) is 0 Å². The second kappa shape index (κ2) is 6.60. The van der Waals surface area contributed by atoms with Gasteiger partial charge in [0.1, 0.15) is 0 Å². The number of anilines is 1. The van der Waals surface area contributed by atoms with E-state index in [0.717, 1.165) is 10.0 Å². The van der Waals surface area contributed by atoms with Crippen molar-refractivity contribution < 1.29 is 13.2 Å². The molecule has 112 valence electrons. The van der Waals surface area contributed by atoms with Crippen LogP contribution in [0.4, 0.5) is 5.69 Å². The molecule has 4 nitrogen and oxygen atoms in total. The molecule has 0 aliphatic rings. The molecule has 0 aliphatic carbocycles. The first-order valence-corrected chi connectivity index (χ1v) is 8.57. The number of ether oxygens (including phenoxy) is 1. The topological polar surface area (TPSA) is 55.4 Å². The first-order valence-electron chi connectivity index (χ1n) is 6.30. The Balaban J connectivity index is 2.40. The Morgan fingerprint density at radius 3 is 2.62 bits per heavy atom. The van der Waals surface area contributed by atoms with Gasteiger partial charge in [0.2, 0.25) is 0 Å². The van der Waals surface area contributed by atoms with Gasteiger partial charge in [-0.3, -0.25) is 4.72 Å². The number of benzene rings is 2. The van der Waals surface area contributed by atoms with Crippen LogP contribution in [0.3, 0.4) is 0 Å². The van der Waals surface area contributed by atoms with Gasteiger partial charge in [-0.05, 0) is 30.7 Å². The zero-order valence-electron chi connectivity index (χ0n) is 11.8. The summed E-state index contributed by atoms with van der Waals surface area (Å²) in [4.78, 5) is 0.254. The van der Waals surface area contributed by atoms with E-state index in [2.05, 4.69) is 20.7 Å². The second-order valence-corrected chi connectivity index (χ2v) is 7.17. The largest absolute Gasteiger partial charge is 0.380 e. The standard InChI is InChI=1S/C15H16BrNO3S/c1-11-7-8-13(16)9-15(11)21(18,19)17-14-6-4-3-5-12(14)10-20-2/h3-9,17H,10H2,1-2H3. The van der Waals surface area contributed by atoms with Crippen molar-refractivity contribution in [3.63, 3.8) is 0 Å². The predicted octanol–water partition coefficient (Wildman–Crippen LogP) is 3.70. The van der Waals surface area contributed by atoms with Crippen molar-refractivity contribution in [1.82, 2.24) is 0 Å². The molecule has 0 aromatic heterocycles. The number of methoxy groups -OCH3 is 1. The second-order valence-electron chi connectivity index (χ2n) is 4.61. The van der Waals surface area contributed by atoms with Crippen LogP contribution < -0.4 is 4.72 Å². The summed E-state index contributed by atoms with van der Waals surface area (Å²) in [6.45, 7) is 2.11. The maximum atomic E-state index is 12.6. The Labute approximate surface area is 133 Å². The molecule has 0 saturated heterocycles. The van der Waals surface area contributed by atoms with E-state index in [1.807, 2.05) is 18.2 Å². The third-order valence-corrected chi connectivity index (χ3v) is 5.00. The summed E-state index contributed by atoms with van der Waals surface area (Å²) in [5, 5.41) is 0. The van der Waals surface area contributed by atoms with E-state index in [1.54, 1.807) is 38.3 Å². The van der Waals surface area contributed by atoms with Crippen LogP contribution in [0.25, 0.3) is 0 Å². The fourth-order valence-corrected chi connectivity index (χ4v) is 3.85. The fourth-order valence-electron chi connectivity index (χ4n) is 1.96. The summed E-state index contributed by atoms with van der Waals surface area (Å²) in [6, 6.07) is 12.3. The molecule has 2 rings (SSSR count). The molecule has 2 aromatic carbocycles. The molecule has 0 aliphatic heterocycles. The van der Waals surface area contributed by atoms with E-state index in [0.29, 0.717) is 17.9 Å². The van der Waals surface area contributed by atoms with Crippen molar-refractivity contribution in [3.05, 3.63) is 58.1 Å². The average Bonchev–Trinajstić information content (AvgIpc) is 2.43. The lowest BCUT2D eigenvalue weighted by Gasteiger charge is -2.13. The third kappa shape index (κ3) is 3.84. The highest BCUT2D eigenvalue weighted by atomic mass is 79.9. The van der Waals surface area contributed by atoms with Gasteiger partial charge in [0.05, 0.1) is 17.2 Å². The van der Waals surface area contributed by atoms with Crippen LogP contribution in [-0.4, -0.2) is 15.5 Å². The molecule has 2 aromatic rings. The lowest BCUT2D eigenvalue weighted by atomic mass is 10.2. The zero-order chi connectivity index (χ0) is 15.5. The summed E-state index contributed by atoms with van der Waals surface area (Å²) in [6.07, 6.45) is 0. The third-order valence-electron chi connectivity index (χ3n) is 3.00. The minimum Gasteiger partial charge on any atom is -0.380 e. The molecular weight excluding hydrogens is 354 g/mol. The molecule has 0 saturated carbocycles. The van der Waals surface area contributed by atoms with Crippen molar-refractivity contribution in [2.45, 2.75) is 18.4 Å². The lowest BCUT2D eigenvalue weighted by molar-refractivity contribution is 0.185. The summed E-state index contributed by atoms with van der Waals surface area (Å²) >= 11 is 3.30. The zero-order valence-corrected chi connectivity index (χ0v) is 14.2. The molecule has 21 heavy (non-hydrogen) atoms. The number of hydrogen-bond donors (Lipinski definition) is 1. The molecule has 0 bridgehead atoms. The number of rotatable bonds is 5. The fraction of sp³-hybridized carbons (Fsp3) is 0.200. The van der Waals surface area contributed by atoms with Crippen LogP contribution in [0, 0.1) is 6.92 Å². The molecule has 0 fully saturated rings. The van der Waals surface area contributed by atoms with Gasteiger partial charge >= 0.3 is 0 Å². The Morgan fingerprint density at radius 2 is 1.90 bits per heavy atom. The number of sulfonamides is 1. The summed E-state index contributed by atoms with van der Waals surface area (Å²) < 4.78 is 33.6. The van der Waals surface area contributed by atoms with Crippen molar-refractivity contribution in [2.75, 3.05) is 11.8 Å². The van der Waals surface area contributed by atoms with Crippen LogP contribution >= 0.6 is 15.9 Å². The Hall–Kier alpha value is -1.37. The van der Waals surface area contributed by atoms with Crippen LogP contribution in [0.5, 0.6) is 0 Å². The minimum absolute atomic E-state index is 0.254. The van der Waals surface area contributed by atoms with Gasteiger partial charge in [-0.15, -0.1) is 0 Å². The number of para-hydroxylation sites is 1. The maximum absolute atomic E-state index is 12.6. The molecule has 6 heteroatoms. The molecule has 0 amide bonds. The Bertz CT molecular complexity index is 744. The number of halogens is 1. The van der Waals surface area contributed by atoms with Gasteiger partial charge in [-0.2, -0.15) is 0 Å². The molecule has 0 atom stereocenters. The van der Waals surface area contributed by atoms with Gasteiger partial charge in [-0.1, -0.05) is 40.2 Å². The molecule has 0 radical (unpaired) electrons. The number of nitrogens with one attached hydrogen (secondary N) is 1. The first-order chi connectivity index (χ1) is 9.94. The van der Waals surface area contributed by atoms with Crippen LogP contribution in [0.2, 0.25) is 0 Å². The van der Waals surface area contributed by atoms with Crippen LogP contribution in [-0.2, 0) is 21.4 Å². The predicted molar refractivity (Wildman–Crippen MR) is 86.8 cm³/mol. The molecule has 0 heterocycles. The SMILES string of the molecule is COCc1ccccc1NS(=O)(=O)c1cc(Br)ccc1C. The lowest BCUT2D eigenvalue weighted by Crippen LogP contribution is -2.15. The Kier molecular flexibility index (Phi) is 5.03. The van der Waals surface area contributed by atoms with E-state index in [1.165, 1.54) is 0 Å². The Morgan fingerprint density at radius 1 is 1.19 bits per heavy atom. The highest BCUT2D eigenvalue weighted by molar-refractivity contribution is 9.10. The van der Waals surface area contributed by atoms with E-state index in [4.69, 9.17) is 4.74 Å². The van der Waals surface area contributed by atoms with Crippen LogP contribution in [0.15, 0.2) is 51.8 Å². The average molecular weight is 370 g/mol. The monoisotopic (exact) mass is 369 g/mol. The number of aryl methyl sites for hydroxylation is 1. The summed E-state index contributed by atoms with van der Waals surface area (Å²) in [5.74, 6) is 0. The van der Waals surface area contributed by atoms with E-state index >= 15 is 0 Å². The first kappa shape index (κ1) is 16.0.